The van der Waals surface area contributed by atoms with Crippen LogP contribution in [0.1, 0.15) is 26.3 Å². The number of halogens is 1. The van der Waals surface area contributed by atoms with E-state index in [1.54, 1.807) is 6.92 Å². The average Bonchev–Trinajstić information content (AvgIpc) is 2.54. The molecule has 6 heteroatoms. The van der Waals surface area contributed by atoms with Crippen LogP contribution in [0.25, 0.3) is 0 Å². The number of esters is 1. The van der Waals surface area contributed by atoms with Crippen LogP contribution >= 0.6 is 15.9 Å². The second-order valence-corrected chi connectivity index (χ2v) is 3.36. The summed E-state index contributed by atoms with van der Waals surface area (Å²) in [4.78, 5) is 15.4. The fourth-order valence-electron chi connectivity index (χ4n) is 1.12. The lowest BCUT2D eigenvalue weighted by Gasteiger charge is -2.13. The van der Waals surface area contributed by atoms with Crippen molar-refractivity contribution in [3.8, 4) is 0 Å². The second-order valence-electron chi connectivity index (χ2n) is 2.65. The predicted octanol–water partition coefficient (Wildman–Crippen LogP) is 1.55. The van der Waals surface area contributed by atoms with Crippen LogP contribution in [0.4, 0.5) is 0 Å². The van der Waals surface area contributed by atoms with E-state index in [2.05, 4.69) is 26.0 Å². The molecule has 1 aromatic rings. The van der Waals surface area contributed by atoms with Crippen LogP contribution in [0.5, 0.6) is 0 Å². The van der Waals surface area contributed by atoms with Crippen molar-refractivity contribution in [2.75, 3.05) is 6.61 Å². The van der Waals surface area contributed by atoms with Crippen LogP contribution in [-0.4, -0.2) is 27.3 Å². The summed E-state index contributed by atoms with van der Waals surface area (Å²) in [7, 11) is 0. The number of hydrogen-bond acceptors (Lipinski definition) is 4. The molecule has 0 N–H and O–H groups in total. The Morgan fingerprint density at radius 3 is 2.86 bits per heavy atom. The maximum Gasteiger partial charge on any atom is 0.331 e. The van der Waals surface area contributed by atoms with Crippen molar-refractivity contribution >= 4 is 21.9 Å². The molecule has 1 aromatic heterocycles. The molecule has 1 heterocycles. The zero-order chi connectivity index (χ0) is 10.6. The van der Waals surface area contributed by atoms with E-state index in [0.29, 0.717) is 17.8 Å². The van der Waals surface area contributed by atoms with Crippen LogP contribution in [0.15, 0.2) is 11.1 Å². The lowest BCUT2D eigenvalue weighted by molar-refractivity contribution is -0.147. The highest BCUT2D eigenvalue weighted by Gasteiger charge is 2.22. The average molecular weight is 262 g/mol. The van der Waals surface area contributed by atoms with Gasteiger partial charge in [0.25, 0.3) is 0 Å². The minimum Gasteiger partial charge on any atom is -0.464 e. The Morgan fingerprint density at radius 2 is 2.43 bits per heavy atom. The maximum atomic E-state index is 11.5. The SMILES string of the molecule is CCOC(=O)C(CC)n1ncnc1Br. The molecule has 0 saturated carbocycles. The Balaban J connectivity index is 2.82. The number of carbonyl (C=O) groups excluding carboxylic acids is 1. The summed E-state index contributed by atoms with van der Waals surface area (Å²) in [6, 6.07) is -0.396. The zero-order valence-electron chi connectivity index (χ0n) is 8.11. The topological polar surface area (TPSA) is 57.0 Å². The van der Waals surface area contributed by atoms with Crippen LogP contribution in [-0.2, 0) is 9.53 Å². The third-order valence-corrected chi connectivity index (χ3v) is 2.34. The monoisotopic (exact) mass is 261 g/mol. The van der Waals surface area contributed by atoms with E-state index in [1.807, 2.05) is 6.92 Å². The molecule has 0 amide bonds. The zero-order valence-corrected chi connectivity index (χ0v) is 9.69. The Hall–Kier alpha value is -0.910. The summed E-state index contributed by atoms with van der Waals surface area (Å²) in [6.45, 7) is 4.05. The van der Waals surface area contributed by atoms with Gasteiger partial charge in [-0.15, -0.1) is 0 Å². The first-order valence-corrected chi connectivity index (χ1v) is 5.21. The van der Waals surface area contributed by atoms with Gasteiger partial charge in [-0.2, -0.15) is 5.10 Å². The molecular weight excluding hydrogens is 250 g/mol. The molecule has 0 bridgehead atoms. The van der Waals surface area contributed by atoms with E-state index in [0.717, 1.165) is 0 Å². The molecule has 0 aliphatic carbocycles. The standard InChI is InChI=1S/C8H12BrN3O2/c1-3-6(7(13)14-4-2)12-8(9)10-5-11-12/h5-6H,3-4H2,1-2H3. The molecule has 0 radical (unpaired) electrons. The van der Waals surface area contributed by atoms with Gasteiger partial charge in [0, 0.05) is 0 Å². The van der Waals surface area contributed by atoms with Crippen molar-refractivity contribution < 1.29 is 9.53 Å². The maximum absolute atomic E-state index is 11.5. The largest absolute Gasteiger partial charge is 0.464 e. The molecule has 0 fully saturated rings. The van der Waals surface area contributed by atoms with Gasteiger partial charge in [-0.3, -0.25) is 0 Å². The normalized spacial score (nSPS) is 12.5. The first-order valence-electron chi connectivity index (χ1n) is 4.42. The molecule has 78 valence electrons. The highest BCUT2D eigenvalue weighted by Crippen LogP contribution is 2.16. The van der Waals surface area contributed by atoms with Crippen LogP contribution in [0.2, 0.25) is 0 Å². The van der Waals surface area contributed by atoms with E-state index in [1.165, 1.54) is 11.0 Å². The smallest absolute Gasteiger partial charge is 0.331 e. The molecule has 1 atom stereocenters. The first-order chi connectivity index (χ1) is 6.70. The lowest BCUT2D eigenvalue weighted by atomic mass is 10.2. The van der Waals surface area contributed by atoms with Crippen molar-refractivity contribution in [2.45, 2.75) is 26.3 Å². The molecule has 0 spiro atoms. The van der Waals surface area contributed by atoms with Gasteiger partial charge in [0.2, 0.25) is 0 Å². The summed E-state index contributed by atoms with van der Waals surface area (Å²) in [5.41, 5.74) is 0. The van der Waals surface area contributed by atoms with Gasteiger partial charge in [0.15, 0.2) is 10.8 Å². The third kappa shape index (κ3) is 2.31. The van der Waals surface area contributed by atoms with E-state index < -0.39 is 6.04 Å². The number of ether oxygens (including phenoxy) is 1. The molecule has 0 saturated heterocycles. The van der Waals surface area contributed by atoms with Gasteiger partial charge in [-0.1, -0.05) is 6.92 Å². The van der Waals surface area contributed by atoms with Gasteiger partial charge in [0.1, 0.15) is 6.33 Å². The fraction of sp³-hybridized carbons (Fsp3) is 0.625. The van der Waals surface area contributed by atoms with Crippen LogP contribution in [0, 0.1) is 0 Å². The minimum absolute atomic E-state index is 0.277. The molecule has 0 aromatic carbocycles. The number of rotatable bonds is 4. The number of hydrogen-bond donors (Lipinski definition) is 0. The second kappa shape index (κ2) is 5.09. The highest BCUT2D eigenvalue weighted by atomic mass is 79.9. The molecule has 1 unspecified atom stereocenters. The summed E-state index contributed by atoms with van der Waals surface area (Å²) in [5, 5.41) is 3.95. The van der Waals surface area contributed by atoms with Gasteiger partial charge >= 0.3 is 5.97 Å². The first kappa shape index (κ1) is 11.2. The van der Waals surface area contributed by atoms with Crippen molar-refractivity contribution in [3.63, 3.8) is 0 Å². The molecule has 14 heavy (non-hydrogen) atoms. The van der Waals surface area contributed by atoms with Crippen molar-refractivity contribution in [2.24, 2.45) is 0 Å². The molecule has 0 aliphatic heterocycles. The van der Waals surface area contributed by atoms with E-state index in [-0.39, 0.29) is 5.97 Å². The van der Waals surface area contributed by atoms with Gasteiger partial charge in [-0.05, 0) is 29.3 Å². The Morgan fingerprint density at radius 1 is 1.71 bits per heavy atom. The third-order valence-electron chi connectivity index (χ3n) is 1.77. The highest BCUT2D eigenvalue weighted by molar-refractivity contribution is 9.10. The summed E-state index contributed by atoms with van der Waals surface area (Å²) in [6.07, 6.45) is 2.02. The molecule has 5 nitrogen and oxygen atoms in total. The summed E-state index contributed by atoms with van der Waals surface area (Å²) >= 11 is 3.21. The quantitative estimate of drug-likeness (QED) is 0.772. The van der Waals surface area contributed by atoms with Crippen LogP contribution < -0.4 is 0 Å². The summed E-state index contributed by atoms with van der Waals surface area (Å²) in [5.74, 6) is -0.277. The van der Waals surface area contributed by atoms with Crippen LogP contribution in [0.3, 0.4) is 0 Å². The Kier molecular flexibility index (Phi) is 4.06. The Bertz CT molecular complexity index is 313. The Labute approximate surface area is 90.6 Å². The number of carbonyl (C=O) groups is 1. The van der Waals surface area contributed by atoms with Gasteiger partial charge in [0.05, 0.1) is 6.61 Å². The predicted molar refractivity (Wildman–Crippen MR) is 53.7 cm³/mol. The molecular formula is C8H12BrN3O2. The van der Waals surface area contributed by atoms with E-state index in [4.69, 9.17) is 4.74 Å². The fourth-order valence-corrected chi connectivity index (χ4v) is 1.55. The summed E-state index contributed by atoms with van der Waals surface area (Å²) < 4.78 is 6.98. The molecule has 0 aliphatic rings. The van der Waals surface area contributed by atoms with Gasteiger partial charge in [-0.25, -0.2) is 14.5 Å². The number of nitrogens with zero attached hydrogens (tertiary/aromatic N) is 3. The van der Waals surface area contributed by atoms with Gasteiger partial charge < -0.3 is 4.74 Å². The van der Waals surface area contributed by atoms with E-state index in [9.17, 15) is 4.79 Å². The lowest BCUT2D eigenvalue weighted by Crippen LogP contribution is -2.22. The van der Waals surface area contributed by atoms with E-state index >= 15 is 0 Å². The number of aromatic nitrogens is 3. The molecule has 1 rings (SSSR count). The van der Waals surface area contributed by atoms with Crippen molar-refractivity contribution in [1.29, 1.82) is 0 Å². The minimum atomic E-state index is -0.396. The van der Waals surface area contributed by atoms with Crippen molar-refractivity contribution in [1.82, 2.24) is 14.8 Å². The van der Waals surface area contributed by atoms with Crippen molar-refractivity contribution in [3.05, 3.63) is 11.1 Å².